The molecule has 0 saturated carbocycles. The fourth-order valence-corrected chi connectivity index (χ4v) is 23.0. The zero-order valence-corrected chi connectivity index (χ0v) is 82.4. The summed E-state index contributed by atoms with van der Waals surface area (Å²) in [6.07, 6.45) is 24.6. The van der Waals surface area contributed by atoms with Gasteiger partial charge >= 0.3 is 0 Å². The quantitative estimate of drug-likeness (QED) is 0.0198. The van der Waals surface area contributed by atoms with Crippen molar-refractivity contribution in [3.05, 3.63) is 363 Å². The van der Waals surface area contributed by atoms with Gasteiger partial charge in [-0.05, 0) is 297 Å². The second kappa shape index (κ2) is 43.0. The molecule has 2 N–H and O–H groups in total. The van der Waals surface area contributed by atoms with Crippen LogP contribution in [0.4, 0.5) is 0 Å². The first kappa shape index (κ1) is 94.4. The monoisotopic (exact) mass is 1860 g/mol. The Balaban J connectivity index is 0.000000135. The van der Waals surface area contributed by atoms with E-state index in [9.17, 15) is 19.8 Å². The number of carbonyl (C=O) groups excluding carboxylic acids is 2. The van der Waals surface area contributed by atoms with E-state index in [1.54, 1.807) is 12.1 Å². The van der Waals surface area contributed by atoms with E-state index in [2.05, 4.69) is 311 Å². The molecule has 22 rings (SSSR count). The molecule has 10 aliphatic rings. The van der Waals surface area contributed by atoms with E-state index in [1.807, 2.05) is 0 Å². The van der Waals surface area contributed by atoms with Crippen molar-refractivity contribution >= 4 is 65.0 Å². The zero-order chi connectivity index (χ0) is 91.6. The number of fused-ring (bicyclic) bond motifs is 2. The number of hydrogen-bond acceptors (Lipinski definition) is 8. The Morgan fingerprint density at radius 1 is 0.285 bits per heavy atom. The molecule has 6 bridgehead atoms. The molecule has 0 saturated heterocycles. The summed E-state index contributed by atoms with van der Waals surface area (Å²) in [7, 11) is 0. The van der Waals surface area contributed by atoms with Crippen LogP contribution in [0.3, 0.4) is 0 Å². The minimum Gasteiger partial charge on any atom is -0.508 e. The van der Waals surface area contributed by atoms with Gasteiger partial charge in [0.15, 0.2) is 11.6 Å². The van der Waals surface area contributed by atoms with Gasteiger partial charge in [0.05, 0.1) is 26.4 Å². The predicted octanol–water partition coefficient (Wildman–Crippen LogP) is 31.7. The number of rotatable bonds is 30. The number of carbonyl (C=O) groups is 2. The maximum absolute atomic E-state index is 10.6. The van der Waals surface area contributed by atoms with Gasteiger partial charge in [0.2, 0.25) is 0 Å². The molecule has 676 valence electrons. The van der Waals surface area contributed by atoms with E-state index in [0.717, 1.165) is 96.9 Å². The number of phenolic OH excluding ortho intramolecular Hbond substituents is 2. The number of unbranched alkanes of at least 4 members (excludes halogenated alkanes) is 4. The van der Waals surface area contributed by atoms with Crippen molar-refractivity contribution in [2.24, 2.45) is 23.7 Å². The minimum atomic E-state index is -0.121. The topological polar surface area (TPSA) is 112 Å². The third-order valence-electron chi connectivity index (χ3n) is 29.4. The number of ether oxygens (including phenoxy) is 4. The molecule has 0 spiro atoms. The molecule has 8 nitrogen and oxygen atoms in total. The third kappa shape index (κ3) is 19.0. The zero-order valence-electron chi connectivity index (χ0n) is 79.2. The summed E-state index contributed by atoms with van der Waals surface area (Å²) in [6.45, 7) is 34.7. The molecule has 0 amide bonds. The Morgan fingerprint density at radius 3 is 0.769 bits per heavy atom. The van der Waals surface area contributed by atoms with Crippen LogP contribution >= 0.6 is 31.9 Å². The van der Waals surface area contributed by atoms with E-state index in [4.69, 9.17) is 18.9 Å². The van der Waals surface area contributed by atoms with Gasteiger partial charge in [-0.1, -0.05) is 310 Å². The highest BCUT2D eigenvalue weighted by atomic mass is 79.9. The number of halogens is 2. The SMILES string of the molecule is CCCCC(CC)COc1ccc(OCC(CC)CCCC)c2c1C1c3ccccc3C2c2c(C)ccc(C)c21.CCCCC(CC)COc1ccc(OCC(CC)CCCC)c2c1C1c3ccccc3C2c2c(CBr)ccc(CBr)c21.Cc1ccc(C)c2c1C1c3ccccc3C2c2c(O)ccc(O)c21.Cc1ccc(C)c2cc3ccccc3cc12.O=C1C=CC(=O)C=C1. The third-order valence-corrected chi connectivity index (χ3v) is 30.6. The van der Waals surface area contributed by atoms with Gasteiger partial charge in [-0.3, -0.25) is 9.59 Å². The number of alkyl halides is 2. The first-order chi connectivity index (χ1) is 63.3. The van der Waals surface area contributed by atoms with E-state index >= 15 is 0 Å². The van der Waals surface area contributed by atoms with Crippen LogP contribution in [-0.4, -0.2) is 48.2 Å². The molecule has 0 heterocycles. The molecular formula is C120H134Br2O8. The van der Waals surface area contributed by atoms with Gasteiger partial charge in [0.25, 0.3) is 0 Å². The van der Waals surface area contributed by atoms with E-state index in [-0.39, 0.29) is 58.6 Å². The normalized spacial score (nSPS) is 17.4. The van der Waals surface area contributed by atoms with E-state index < -0.39 is 0 Å². The molecule has 130 heavy (non-hydrogen) atoms. The lowest BCUT2D eigenvalue weighted by Crippen LogP contribution is -2.31. The number of ketones is 2. The maximum atomic E-state index is 10.6. The molecule has 0 aromatic heterocycles. The summed E-state index contributed by atoms with van der Waals surface area (Å²) < 4.78 is 27.3. The number of benzene rings is 12. The lowest BCUT2D eigenvalue weighted by Gasteiger charge is -2.45. The highest BCUT2D eigenvalue weighted by molar-refractivity contribution is 9.08. The molecule has 12 aromatic carbocycles. The first-order valence-corrected chi connectivity index (χ1v) is 51.0. The fraction of sp³-hybridized carbons (Fsp3) is 0.383. The minimum absolute atomic E-state index is 0.0109. The van der Waals surface area contributed by atoms with Crippen LogP contribution in [-0.2, 0) is 20.2 Å². The summed E-state index contributed by atoms with van der Waals surface area (Å²) in [6, 6.07) is 69.9. The molecular weight excluding hydrogens is 1730 g/mol. The second-order valence-corrected chi connectivity index (χ2v) is 38.7. The Kier molecular flexibility index (Phi) is 31.2. The van der Waals surface area contributed by atoms with E-state index in [1.165, 1.54) is 256 Å². The summed E-state index contributed by atoms with van der Waals surface area (Å²) in [5.74, 6) is 7.51. The van der Waals surface area contributed by atoms with Crippen LogP contribution in [0.15, 0.2) is 218 Å². The highest BCUT2D eigenvalue weighted by Gasteiger charge is 2.50. The first-order valence-electron chi connectivity index (χ1n) is 48.7. The molecule has 10 heteroatoms. The Bertz CT molecular complexity index is 5720. The standard InChI is InChI=1S/C38H48Br2O2.C38H50O2.C22H18O2.C16H14.C6H4O2/c1-5-9-13-25(7-3)23-41-31-19-20-32(42-24-26(8-4)14-10-6-2)38-36-30-16-12-11-15-29(30)35(37(31)38)33-27(21-39)17-18-28(22-40)34(33)36;1-7-11-15-27(9-3)23-39-31-21-22-32(40-24-28(10-4)16-12-8-2)38-36-30-18-14-13-17-29(30)35(37(31)38)33-25(5)19-20-26(6)34(33)36;1-11-7-8-12(2)18-17(11)19-13-5-3-4-6-14(13)20(18)22-16(24)10-9-15(23)21(19)22;1-11-7-8-12(2)16-10-14-6-4-3-5-13(14)9-15(11)16;7-5-1-2-6(8)4-3-5/h11-12,15-20,25-26,35-36H,5-10,13-14,21-24H2,1-4H3;13-14,17-22,27-28,35-36H,7-12,15-16,23-24H2,1-6H3;3-10,19-20,23-24H,1-2H3;3-10H,1-2H3;1-4H. The molecule has 10 aliphatic carbocycles. The van der Waals surface area contributed by atoms with Crippen molar-refractivity contribution in [2.75, 3.05) is 26.4 Å². The van der Waals surface area contributed by atoms with Crippen molar-refractivity contribution in [1.29, 1.82) is 0 Å². The number of aryl methyl sites for hydroxylation is 6. The maximum Gasteiger partial charge on any atom is 0.178 e. The predicted molar refractivity (Wildman–Crippen MR) is 546 cm³/mol. The summed E-state index contributed by atoms with van der Waals surface area (Å²) in [5.41, 5.74) is 34.6. The van der Waals surface area contributed by atoms with Crippen LogP contribution in [0.2, 0.25) is 0 Å². The lowest BCUT2D eigenvalue weighted by molar-refractivity contribution is -0.113. The number of hydrogen-bond donors (Lipinski definition) is 2. The van der Waals surface area contributed by atoms with Crippen molar-refractivity contribution in [3.63, 3.8) is 0 Å². The second-order valence-electron chi connectivity index (χ2n) is 37.6. The van der Waals surface area contributed by atoms with Crippen LogP contribution in [0.1, 0.15) is 338 Å². The Hall–Kier alpha value is -10.3. The largest absolute Gasteiger partial charge is 0.508 e. The van der Waals surface area contributed by atoms with Crippen molar-refractivity contribution < 1.29 is 38.7 Å². The smallest absolute Gasteiger partial charge is 0.178 e. The molecule has 10 atom stereocenters. The Labute approximate surface area is 791 Å². The molecule has 10 unspecified atom stereocenters. The summed E-state index contributed by atoms with van der Waals surface area (Å²) >= 11 is 7.70. The molecule has 0 fully saturated rings. The lowest BCUT2D eigenvalue weighted by atomic mass is 9.59. The average Bonchev–Trinajstić information content (AvgIpc) is 1.01. The fourth-order valence-electron chi connectivity index (χ4n) is 22.0. The highest BCUT2D eigenvalue weighted by Crippen LogP contribution is 2.65. The van der Waals surface area contributed by atoms with Crippen molar-refractivity contribution in [2.45, 2.75) is 246 Å². The van der Waals surface area contributed by atoms with Crippen LogP contribution in [0.5, 0.6) is 34.5 Å². The molecule has 0 aliphatic heterocycles. The van der Waals surface area contributed by atoms with Crippen LogP contribution in [0, 0.1) is 65.2 Å². The average molecular weight is 1860 g/mol. The van der Waals surface area contributed by atoms with Gasteiger partial charge in [0.1, 0.15) is 34.5 Å². The van der Waals surface area contributed by atoms with Crippen LogP contribution in [0.25, 0.3) is 21.5 Å². The van der Waals surface area contributed by atoms with Crippen molar-refractivity contribution in [3.8, 4) is 34.5 Å². The summed E-state index contributed by atoms with van der Waals surface area (Å²) in [5, 5.41) is 28.3. The van der Waals surface area contributed by atoms with Gasteiger partial charge in [0, 0.05) is 79.5 Å². The number of phenols is 2. The number of aromatic hydroxyl groups is 2. The van der Waals surface area contributed by atoms with Gasteiger partial charge in [-0.25, -0.2) is 0 Å². The van der Waals surface area contributed by atoms with Crippen molar-refractivity contribution in [1.82, 2.24) is 0 Å². The van der Waals surface area contributed by atoms with E-state index in [0.29, 0.717) is 23.7 Å². The molecule has 12 aromatic rings. The Morgan fingerprint density at radius 2 is 0.523 bits per heavy atom. The van der Waals surface area contributed by atoms with Gasteiger partial charge < -0.3 is 29.2 Å². The molecule has 0 radical (unpaired) electrons. The van der Waals surface area contributed by atoms with Gasteiger partial charge in [-0.2, -0.15) is 0 Å². The van der Waals surface area contributed by atoms with Gasteiger partial charge in [-0.15, -0.1) is 0 Å². The van der Waals surface area contributed by atoms with Crippen LogP contribution < -0.4 is 18.9 Å². The summed E-state index contributed by atoms with van der Waals surface area (Å²) in [4.78, 5) is 20.6. The number of allylic oxidation sites excluding steroid dienone is 4.